The molecule has 1 aromatic heterocycles. The molecule has 0 bridgehead atoms. The van der Waals surface area contributed by atoms with Crippen LogP contribution in [0.2, 0.25) is 0 Å². The quantitative estimate of drug-likeness (QED) is 0.547. The first kappa shape index (κ1) is 10.2. The second kappa shape index (κ2) is 3.38. The molecule has 1 aliphatic rings. The highest BCUT2D eigenvalue weighted by Gasteiger charge is 2.35. The molecule has 0 amide bonds. The lowest BCUT2D eigenvalue weighted by Crippen LogP contribution is -2.05. The summed E-state index contributed by atoms with van der Waals surface area (Å²) in [7, 11) is 3.35. The molecule has 4 heteroatoms. The van der Waals surface area contributed by atoms with Gasteiger partial charge in [-0.2, -0.15) is 0 Å². The van der Waals surface area contributed by atoms with E-state index in [9.17, 15) is 4.79 Å². The van der Waals surface area contributed by atoms with Crippen LogP contribution in [0.25, 0.3) is 0 Å². The maximum atomic E-state index is 11.7. The number of ether oxygens (including phenoxy) is 2. The summed E-state index contributed by atoms with van der Waals surface area (Å²) in [5.41, 5.74) is 3.67. The van der Waals surface area contributed by atoms with Gasteiger partial charge in [0.05, 0.1) is 19.3 Å². The van der Waals surface area contributed by atoms with E-state index in [1.54, 1.807) is 0 Å². The first-order valence-electron chi connectivity index (χ1n) is 4.93. The molecule has 0 saturated carbocycles. The van der Waals surface area contributed by atoms with E-state index in [0.717, 1.165) is 17.0 Å². The number of hydrogen-bond acceptors (Lipinski definition) is 3. The lowest BCUT2D eigenvalue weighted by molar-refractivity contribution is 0.0598. The number of epoxide rings is 1. The standard InChI is InChI=1S/C11H15NO3/c1-6-9(8-5-15-8)10(11(13)14-4)7(2)12(6)3/h8H,5H2,1-4H3. The molecule has 1 atom stereocenters. The number of nitrogens with zero attached hydrogens (tertiary/aromatic N) is 1. The second-order valence-corrected chi connectivity index (χ2v) is 3.83. The molecule has 1 unspecified atom stereocenters. The van der Waals surface area contributed by atoms with Gasteiger partial charge in [0.1, 0.15) is 6.10 Å². The summed E-state index contributed by atoms with van der Waals surface area (Å²) in [6.45, 7) is 4.62. The molecule has 0 radical (unpaired) electrons. The van der Waals surface area contributed by atoms with Gasteiger partial charge in [-0.05, 0) is 13.8 Å². The van der Waals surface area contributed by atoms with Crippen molar-refractivity contribution >= 4 is 5.97 Å². The number of rotatable bonds is 2. The zero-order chi connectivity index (χ0) is 11.2. The second-order valence-electron chi connectivity index (χ2n) is 3.83. The average Bonchev–Trinajstić information content (AvgIpc) is 3.02. The Bertz CT molecular complexity index is 416. The minimum absolute atomic E-state index is 0.0824. The SMILES string of the molecule is COC(=O)c1c(C2CO2)c(C)n(C)c1C. The van der Waals surface area contributed by atoms with Crippen molar-refractivity contribution in [3.8, 4) is 0 Å². The Morgan fingerprint density at radius 1 is 1.47 bits per heavy atom. The molecule has 82 valence electrons. The fraction of sp³-hybridized carbons (Fsp3) is 0.545. The van der Waals surface area contributed by atoms with Crippen molar-refractivity contribution in [3.63, 3.8) is 0 Å². The molecule has 0 spiro atoms. The number of methoxy groups -OCH3 is 1. The molecular weight excluding hydrogens is 194 g/mol. The van der Waals surface area contributed by atoms with Crippen LogP contribution < -0.4 is 0 Å². The Morgan fingerprint density at radius 2 is 2.07 bits per heavy atom. The molecule has 15 heavy (non-hydrogen) atoms. The lowest BCUT2D eigenvalue weighted by Gasteiger charge is -2.01. The van der Waals surface area contributed by atoms with Crippen molar-refractivity contribution in [2.24, 2.45) is 7.05 Å². The summed E-state index contributed by atoms with van der Waals surface area (Å²) in [6.07, 6.45) is 0.0824. The normalized spacial score (nSPS) is 19.1. The van der Waals surface area contributed by atoms with Gasteiger partial charge in [-0.3, -0.25) is 0 Å². The minimum Gasteiger partial charge on any atom is -0.465 e. The summed E-state index contributed by atoms with van der Waals surface area (Å²) in [5, 5.41) is 0. The topological polar surface area (TPSA) is 43.8 Å². The largest absolute Gasteiger partial charge is 0.465 e. The van der Waals surface area contributed by atoms with Crippen LogP contribution in [0, 0.1) is 13.8 Å². The van der Waals surface area contributed by atoms with E-state index in [1.807, 2.05) is 25.5 Å². The molecule has 0 N–H and O–H groups in total. The molecule has 4 nitrogen and oxygen atoms in total. The van der Waals surface area contributed by atoms with Gasteiger partial charge in [-0.25, -0.2) is 4.79 Å². The predicted molar refractivity (Wildman–Crippen MR) is 54.9 cm³/mol. The third-order valence-corrected chi connectivity index (χ3v) is 3.07. The van der Waals surface area contributed by atoms with Crippen molar-refractivity contribution in [3.05, 3.63) is 22.5 Å². The maximum absolute atomic E-state index is 11.7. The number of hydrogen-bond donors (Lipinski definition) is 0. The van der Waals surface area contributed by atoms with Gasteiger partial charge in [0.15, 0.2) is 0 Å². The monoisotopic (exact) mass is 209 g/mol. The predicted octanol–water partition coefficient (Wildman–Crippen LogP) is 1.50. The van der Waals surface area contributed by atoms with Crippen molar-refractivity contribution in [2.75, 3.05) is 13.7 Å². The number of esters is 1. The average molecular weight is 209 g/mol. The summed E-state index contributed by atoms with van der Waals surface area (Å²) in [5.74, 6) is -0.276. The van der Waals surface area contributed by atoms with Gasteiger partial charge in [0, 0.05) is 24.0 Å². The smallest absolute Gasteiger partial charge is 0.340 e. The van der Waals surface area contributed by atoms with Crippen LogP contribution in [0.1, 0.15) is 33.4 Å². The first-order valence-corrected chi connectivity index (χ1v) is 4.93. The van der Waals surface area contributed by atoms with Crippen molar-refractivity contribution in [2.45, 2.75) is 20.0 Å². The molecule has 0 aromatic carbocycles. The Hall–Kier alpha value is -1.29. The van der Waals surface area contributed by atoms with Crippen LogP contribution in [-0.2, 0) is 16.5 Å². The van der Waals surface area contributed by atoms with E-state index in [0.29, 0.717) is 12.2 Å². The Kier molecular flexibility index (Phi) is 2.31. The molecule has 1 fully saturated rings. The highest BCUT2D eigenvalue weighted by atomic mass is 16.6. The van der Waals surface area contributed by atoms with Crippen LogP contribution in [0.15, 0.2) is 0 Å². The van der Waals surface area contributed by atoms with E-state index < -0.39 is 0 Å². The third-order valence-electron chi connectivity index (χ3n) is 3.07. The molecule has 1 aromatic rings. The van der Waals surface area contributed by atoms with Gasteiger partial charge < -0.3 is 14.0 Å². The van der Waals surface area contributed by atoms with Crippen LogP contribution >= 0.6 is 0 Å². The molecular formula is C11H15NO3. The van der Waals surface area contributed by atoms with E-state index in [4.69, 9.17) is 9.47 Å². The van der Waals surface area contributed by atoms with E-state index in [1.165, 1.54) is 7.11 Å². The molecule has 2 heterocycles. The Labute approximate surface area is 88.8 Å². The van der Waals surface area contributed by atoms with E-state index in [2.05, 4.69) is 0 Å². The number of carbonyl (C=O) groups excluding carboxylic acids is 1. The summed E-state index contributed by atoms with van der Waals surface area (Å²) < 4.78 is 12.1. The third kappa shape index (κ3) is 1.45. The molecule has 1 aliphatic heterocycles. The molecule has 0 aliphatic carbocycles. The highest BCUT2D eigenvalue weighted by Crippen LogP contribution is 2.37. The fourth-order valence-electron chi connectivity index (χ4n) is 1.94. The zero-order valence-corrected chi connectivity index (χ0v) is 9.46. The van der Waals surface area contributed by atoms with Gasteiger partial charge >= 0.3 is 5.97 Å². The molecule has 2 rings (SSSR count). The van der Waals surface area contributed by atoms with Crippen LogP contribution in [0.4, 0.5) is 0 Å². The summed E-state index contributed by atoms with van der Waals surface area (Å²) in [6, 6.07) is 0. The van der Waals surface area contributed by atoms with Crippen molar-refractivity contribution in [1.82, 2.24) is 4.57 Å². The van der Waals surface area contributed by atoms with Crippen molar-refractivity contribution < 1.29 is 14.3 Å². The van der Waals surface area contributed by atoms with Gasteiger partial charge in [0.2, 0.25) is 0 Å². The molecule has 1 saturated heterocycles. The number of aromatic nitrogens is 1. The van der Waals surface area contributed by atoms with E-state index >= 15 is 0 Å². The van der Waals surface area contributed by atoms with Crippen LogP contribution in [-0.4, -0.2) is 24.3 Å². The van der Waals surface area contributed by atoms with Gasteiger partial charge in [-0.1, -0.05) is 0 Å². The first-order chi connectivity index (χ1) is 7.07. The summed E-state index contributed by atoms with van der Waals surface area (Å²) >= 11 is 0. The van der Waals surface area contributed by atoms with Gasteiger partial charge in [-0.15, -0.1) is 0 Å². The van der Waals surface area contributed by atoms with Gasteiger partial charge in [0.25, 0.3) is 0 Å². The zero-order valence-electron chi connectivity index (χ0n) is 9.46. The number of carbonyl (C=O) groups is 1. The summed E-state index contributed by atoms with van der Waals surface area (Å²) in [4.78, 5) is 11.7. The Balaban J connectivity index is 2.59. The fourth-order valence-corrected chi connectivity index (χ4v) is 1.94. The highest BCUT2D eigenvalue weighted by molar-refractivity contribution is 5.93. The van der Waals surface area contributed by atoms with Crippen LogP contribution in [0.5, 0.6) is 0 Å². The van der Waals surface area contributed by atoms with E-state index in [-0.39, 0.29) is 12.1 Å². The minimum atomic E-state index is -0.276. The lowest BCUT2D eigenvalue weighted by atomic mass is 10.1. The van der Waals surface area contributed by atoms with Crippen molar-refractivity contribution in [1.29, 1.82) is 0 Å². The van der Waals surface area contributed by atoms with Crippen LogP contribution in [0.3, 0.4) is 0 Å². The maximum Gasteiger partial charge on any atom is 0.340 e. The Morgan fingerprint density at radius 3 is 2.53 bits per heavy atom.